The predicted octanol–water partition coefficient (Wildman–Crippen LogP) is 3.24. The first-order valence-electron chi connectivity index (χ1n) is 7.26. The first-order chi connectivity index (χ1) is 11.4. The lowest BCUT2D eigenvalue weighted by Crippen LogP contribution is -2.01. The highest BCUT2D eigenvalue weighted by Crippen LogP contribution is 2.26. The molecule has 0 aliphatic carbocycles. The second-order valence-electron chi connectivity index (χ2n) is 5.24. The summed E-state index contributed by atoms with van der Waals surface area (Å²) in [5, 5.41) is 9.12. The molecule has 0 atom stereocenters. The lowest BCUT2D eigenvalue weighted by Gasteiger charge is -2.07. The largest absolute Gasteiger partial charge is 0.497 e. The summed E-state index contributed by atoms with van der Waals surface area (Å²) >= 11 is 0. The Bertz CT molecular complexity index is 817. The summed E-state index contributed by atoms with van der Waals surface area (Å²) in [7, 11) is 3.10. The molecule has 126 valence electrons. The highest BCUT2D eigenvalue weighted by molar-refractivity contribution is 6.10. The van der Waals surface area contributed by atoms with E-state index < -0.39 is 5.97 Å². The van der Waals surface area contributed by atoms with E-state index in [1.54, 1.807) is 45.2 Å². The van der Waals surface area contributed by atoms with Crippen LogP contribution in [-0.4, -0.2) is 36.1 Å². The number of allylic oxidation sites excluding steroid dienone is 1. The van der Waals surface area contributed by atoms with E-state index in [-0.39, 0.29) is 11.5 Å². The van der Waals surface area contributed by atoms with Crippen LogP contribution in [0.5, 0.6) is 11.5 Å². The number of ketones is 1. The van der Waals surface area contributed by atoms with E-state index in [0.29, 0.717) is 28.3 Å². The van der Waals surface area contributed by atoms with Gasteiger partial charge in [-0.1, -0.05) is 0 Å². The molecule has 1 heterocycles. The van der Waals surface area contributed by atoms with E-state index in [2.05, 4.69) is 4.98 Å². The lowest BCUT2D eigenvalue weighted by atomic mass is 10.0. The zero-order valence-electron chi connectivity index (χ0n) is 14.0. The number of aryl methyl sites for hydroxylation is 1. The monoisotopic (exact) mass is 329 g/mol. The Morgan fingerprint density at radius 2 is 1.88 bits per heavy atom. The van der Waals surface area contributed by atoms with Gasteiger partial charge in [0.2, 0.25) is 0 Å². The molecular formula is C18H19NO5. The Kier molecular flexibility index (Phi) is 5.08. The number of nitrogens with one attached hydrogen (secondary N) is 1. The molecule has 24 heavy (non-hydrogen) atoms. The van der Waals surface area contributed by atoms with Crippen molar-refractivity contribution in [1.29, 1.82) is 0 Å². The second-order valence-corrected chi connectivity index (χ2v) is 5.24. The van der Waals surface area contributed by atoms with Gasteiger partial charge in [0.15, 0.2) is 5.78 Å². The van der Waals surface area contributed by atoms with Gasteiger partial charge in [0.1, 0.15) is 17.2 Å². The van der Waals surface area contributed by atoms with Crippen LogP contribution in [0.3, 0.4) is 0 Å². The molecule has 1 aromatic heterocycles. The smallest absolute Gasteiger partial charge is 0.352 e. The van der Waals surface area contributed by atoms with Crippen molar-refractivity contribution in [2.45, 2.75) is 13.8 Å². The third kappa shape index (κ3) is 3.32. The van der Waals surface area contributed by atoms with Gasteiger partial charge in [0.25, 0.3) is 0 Å². The number of aromatic nitrogens is 1. The molecule has 0 fully saturated rings. The van der Waals surface area contributed by atoms with Crippen molar-refractivity contribution in [2.75, 3.05) is 14.2 Å². The molecule has 0 radical (unpaired) electrons. The van der Waals surface area contributed by atoms with Crippen molar-refractivity contribution < 1.29 is 24.2 Å². The minimum Gasteiger partial charge on any atom is -0.497 e. The quantitative estimate of drug-likeness (QED) is 0.627. The van der Waals surface area contributed by atoms with Crippen LogP contribution in [0.15, 0.2) is 24.3 Å². The van der Waals surface area contributed by atoms with Crippen LogP contribution in [0.2, 0.25) is 0 Å². The SMILES string of the molecule is COc1ccc(/C=C/C(=O)c2c(C)[nH]c(C(=O)O)c2C)c(OC)c1. The van der Waals surface area contributed by atoms with Crippen molar-refractivity contribution in [3.05, 3.63) is 52.4 Å². The van der Waals surface area contributed by atoms with Crippen LogP contribution in [0.4, 0.5) is 0 Å². The van der Waals surface area contributed by atoms with Crippen LogP contribution in [0, 0.1) is 13.8 Å². The number of rotatable bonds is 6. The number of hydrogen-bond acceptors (Lipinski definition) is 4. The van der Waals surface area contributed by atoms with Gasteiger partial charge in [0, 0.05) is 22.9 Å². The number of carboxylic acids is 1. The summed E-state index contributed by atoms with van der Waals surface area (Å²) < 4.78 is 10.4. The normalized spacial score (nSPS) is 10.8. The third-order valence-electron chi connectivity index (χ3n) is 3.75. The van der Waals surface area contributed by atoms with Gasteiger partial charge in [-0.15, -0.1) is 0 Å². The number of benzene rings is 1. The van der Waals surface area contributed by atoms with Crippen molar-refractivity contribution >= 4 is 17.8 Å². The topological polar surface area (TPSA) is 88.6 Å². The number of carboxylic acid groups (broad SMARTS) is 1. The standard InChI is InChI=1S/C18H19NO5/c1-10-16(11(2)19-17(10)18(21)22)14(20)8-6-12-5-7-13(23-3)9-15(12)24-4/h5-9,19H,1-4H3,(H,21,22)/b8-6+. The fraction of sp³-hybridized carbons (Fsp3) is 0.222. The van der Waals surface area contributed by atoms with Gasteiger partial charge in [-0.2, -0.15) is 0 Å². The molecule has 0 spiro atoms. The molecule has 0 amide bonds. The summed E-state index contributed by atoms with van der Waals surface area (Å²) in [4.78, 5) is 26.3. The Morgan fingerprint density at radius 1 is 1.17 bits per heavy atom. The van der Waals surface area contributed by atoms with E-state index in [4.69, 9.17) is 14.6 Å². The average molecular weight is 329 g/mol. The summed E-state index contributed by atoms with van der Waals surface area (Å²) in [5.41, 5.74) is 2.08. The lowest BCUT2D eigenvalue weighted by molar-refractivity contribution is 0.0690. The molecule has 6 nitrogen and oxygen atoms in total. The number of methoxy groups -OCH3 is 2. The molecule has 2 aromatic rings. The van der Waals surface area contributed by atoms with Crippen LogP contribution in [0.1, 0.15) is 37.7 Å². The molecule has 0 aliphatic rings. The van der Waals surface area contributed by atoms with Gasteiger partial charge in [-0.05, 0) is 43.7 Å². The predicted molar refractivity (Wildman–Crippen MR) is 90.1 cm³/mol. The molecule has 0 unspecified atom stereocenters. The van der Waals surface area contributed by atoms with Crippen molar-refractivity contribution in [3.63, 3.8) is 0 Å². The van der Waals surface area contributed by atoms with Crippen LogP contribution >= 0.6 is 0 Å². The van der Waals surface area contributed by atoms with E-state index in [9.17, 15) is 9.59 Å². The van der Waals surface area contributed by atoms with Crippen molar-refractivity contribution in [3.8, 4) is 11.5 Å². The third-order valence-corrected chi connectivity index (χ3v) is 3.75. The van der Waals surface area contributed by atoms with Crippen LogP contribution in [-0.2, 0) is 0 Å². The molecule has 0 aliphatic heterocycles. The fourth-order valence-electron chi connectivity index (χ4n) is 2.54. The van der Waals surface area contributed by atoms with E-state index in [1.165, 1.54) is 13.2 Å². The van der Waals surface area contributed by atoms with E-state index in [0.717, 1.165) is 5.56 Å². The summed E-state index contributed by atoms with van der Waals surface area (Å²) in [6, 6.07) is 5.27. The minimum atomic E-state index is -1.09. The maximum atomic E-state index is 12.5. The van der Waals surface area contributed by atoms with Crippen molar-refractivity contribution in [1.82, 2.24) is 4.98 Å². The molecule has 0 saturated heterocycles. The molecule has 2 N–H and O–H groups in total. The second kappa shape index (κ2) is 7.04. The van der Waals surface area contributed by atoms with Gasteiger partial charge in [0.05, 0.1) is 14.2 Å². The number of aromatic carboxylic acids is 1. The highest BCUT2D eigenvalue weighted by atomic mass is 16.5. The number of carbonyl (C=O) groups is 2. The van der Waals surface area contributed by atoms with Crippen molar-refractivity contribution in [2.24, 2.45) is 0 Å². The van der Waals surface area contributed by atoms with Gasteiger partial charge < -0.3 is 19.6 Å². The van der Waals surface area contributed by atoms with Gasteiger partial charge >= 0.3 is 5.97 Å². The fourth-order valence-corrected chi connectivity index (χ4v) is 2.54. The Morgan fingerprint density at radius 3 is 2.42 bits per heavy atom. The summed E-state index contributed by atoms with van der Waals surface area (Å²) in [6.07, 6.45) is 3.03. The number of hydrogen-bond donors (Lipinski definition) is 2. The van der Waals surface area contributed by atoms with Gasteiger partial charge in [-0.3, -0.25) is 4.79 Å². The summed E-state index contributed by atoms with van der Waals surface area (Å²) in [5.74, 6) is -0.132. The maximum Gasteiger partial charge on any atom is 0.352 e. The number of aromatic amines is 1. The number of H-pyrrole nitrogens is 1. The molecule has 2 rings (SSSR count). The van der Waals surface area contributed by atoms with Crippen LogP contribution < -0.4 is 9.47 Å². The number of carbonyl (C=O) groups excluding carboxylic acids is 1. The Balaban J connectivity index is 2.33. The van der Waals surface area contributed by atoms with E-state index in [1.807, 2.05) is 0 Å². The van der Waals surface area contributed by atoms with Crippen LogP contribution in [0.25, 0.3) is 6.08 Å². The molecule has 0 bridgehead atoms. The summed E-state index contributed by atoms with van der Waals surface area (Å²) in [6.45, 7) is 3.29. The minimum absolute atomic E-state index is 0.0336. The molecule has 6 heteroatoms. The molecular weight excluding hydrogens is 310 g/mol. The molecule has 1 aromatic carbocycles. The maximum absolute atomic E-state index is 12.5. The number of ether oxygens (including phenoxy) is 2. The highest BCUT2D eigenvalue weighted by Gasteiger charge is 2.20. The first-order valence-corrected chi connectivity index (χ1v) is 7.26. The Hall–Kier alpha value is -3.02. The first kappa shape index (κ1) is 17.3. The molecule has 0 saturated carbocycles. The van der Waals surface area contributed by atoms with E-state index >= 15 is 0 Å². The average Bonchev–Trinajstić information content (AvgIpc) is 2.87. The zero-order chi connectivity index (χ0) is 17.9. The zero-order valence-corrected chi connectivity index (χ0v) is 14.0. The van der Waals surface area contributed by atoms with Gasteiger partial charge in [-0.25, -0.2) is 4.79 Å². The Labute approximate surface area is 139 Å².